The zero-order valence-electron chi connectivity index (χ0n) is 8.05. The molecule has 0 fully saturated rings. The van der Waals surface area contributed by atoms with Gasteiger partial charge in [-0.05, 0) is 6.92 Å². The lowest BCUT2D eigenvalue weighted by atomic mass is 10.1. The van der Waals surface area contributed by atoms with E-state index in [1.165, 1.54) is 6.92 Å². The highest BCUT2D eigenvalue weighted by atomic mass is 35.5. The van der Waals surface area contributed by atoms with E-state index in [2.05, 4.69) is 9.72 Å². The molecule has 1 heterocycles. The summed E-state index contributed by atoms with van der Waals surface area (Å²) in [6.45, 7) is 1.49. The van der Waals surface area contributed by atoms with Crippen LogP contribution in [-0.4, -0.2) is 18.1 Å². The Morgan fingerprint density at radius 1 is 1.60 bits per heavy atom. The molecule has 82 valence electrons. The van der Waals surface area contributed by atoms with Gasteiger partial charge in [0.1, 0.15) is 0 Å². The van der Waals surface area contributed by atoms with E-state index in [-0.39, 0.29) is 16.3 Å². The molecular weight excluding hydrogens is 228 g/mol. The highest BCUT2D eigenvalue weighted by molar-refractivity contribution is 6.34. The normalized spacial score (nSPS) is 10.5. The predicted molar refractivity (Wildman–Crippen MR) is 50.3 cm³/mol. The quantitative estimate of drug-likeness (QED) is 0.740. The van der Waals surface area contributed by atoms with Crippen molar-refractivity contribution >= 4 is 17.6 Å². The number of carbonyl (C=O) groups is 1. The van der Waals surface area contributed by atoms with E-state index in [1.54, 1.807) is 0 Å². The maximum atomic E-state index is 12.4. The second-order valence-corrected chi connectivity index (χ2v) is 3.16. The van der Waals surface area contributed by atoms with E-state index in [0.29, 0.717) is 0 Å². The summed E-state index contributed by atoms with van der Waals surface area (Å²) >= 11 is 5.66. The third kappa shape index (κ3) is 2.23. The molecule has 0 saturated heterocycles. The standard InChI is InChI=1S/C9H8ClF2NO2/c1-4-6(9(14)15-2)7(10)5(3-13-4)8(11)12/h3,8H,1-2H3. The molecule has 0 aromatic carbocycles. The fraction of sp³-hybridized carbons (Fsp3) is 0.333. The molecule has 0 saturated carbocycles. The summed E-state index contributed by atoms with van der Waals surface area (Å²) in [4.78, 5) is 14.9. The number of nitrogens with zero attached hydrogens (tertiary/aromatic N) is 1. The Labute approximate surface area is 90.0 Å². The van der Waals surface area contributed by atoms with Crippen LogP contribution < -0.4 is 0 Å². The molecule has 1 aromatic heterocycles. The Morgan fingerprint density at radius 3 is 2.67 bits per heavy atom. The van der Waals surface area contributed by atoms with Crippen molar-refractivity contribution in [3.63, 3.8) is 0 Å². The van der Waals surface area contributed by atoms with Gasteiger partial charge >= 0.3 is 5.97 Å². The van der Waals surface area contributed by atoms with Gasteiger partial charge in [0.2, 0.25) is 0 Å². The Kier molecular flexibility index (Phi) is 3.57. The molecule has 0 unspecified atom stereocenters. The third-order valence-electron chi connectivity index (χ3n) is 1.86. The van der Waals surface area contributed by atoms with Crippen molar-refractivity contribution in [2.45, 2.75) is 13.3 Å². The number of aryl methyl sites for hydroxylation is 1. The van der Waals surface area contributed by atoms with Gasteiger partial charge in [-0.25, -0.2) is 13.6 Å². The van der Waals surface area contributed by atoms with E-state index < -0.39 is 18.0 Å². The average molecular weight is 236 g/mol. The number of halogens is 3. The van der Waals surface area contributed by atoms with Gasteiger partial charge in [-0.1, -0.05) is 11.6 Å². The second kappa shape index (κ2) is 4.53. The lowest BCUT2D eigenvalue weighted by Gasteiger charge is -2.09. The Hall–Kier alpha value is -1.23. The molecule has 3 nitrogen and oxygen atoms in total. The van der Waals surface area contributed by atoms with Crippen LogP contribution in [0.15, 0.2) is 6.20 Å². The minimum atomic E-state index is -2.77. The number of carbonyl (C=O) groups excluding carboxylic acids is 1. The van der Waals surface area contributed by atoms with Crippen molar-refractivity contribution < 1.29 is 18.3 Å². The molecule has 0 atom stereocenters. The van der Waals surface area contributed by atoms with Crippen molar-refractivity contribution in [2.75, 3.05) is 7.11 Å². The molecule has 0 aliphatic rings. The number of ether oxygens (including phenoxy) is 1. The summed E-state index contributed by atoms with van der Waals surface area (Å²) in [6.07, 6.45) is -1.82. The highest BCUT2D eigenvalue weighted by Crippen LogP contribution is 2.30. The van der Waals surface area contributed by atoms with Crippen LogP contribution in [0.3, 0.4) is 0 Å². The molecule has 0 bridgehead atoms. The first-order valence-electron chi connectivity index (χ1n) is 4.00. The number of aromatic nitrogens is 1. The first-order valence-corrected chi connectivity index (χ1v) is 4.38. The fourth-order valence-electron chi connectivity index (χ4n) is 1.08. The van der Waals surface area contributed by atoms with E-state index in [0.717, 1.165) is 13.3 Å². The number of alkyl halides is 2. The SMILES string of the molecule is COC(=O)c1c(C)ncc(C(F)F)c1Cl. The first-order chi connectivity index (χ1) is 6.99. The summed E-state index contributed by atoms with van der Waals surface area (Å²) in [5, 5.41) is -0.302. The molecule has 0 aliphatic carbocycles. The van der Waals surface area contributed by atoms with Gasteiger partial charge < -0.3 is 4.74 Å². The van der Waals surface area contributed by atoms with Crippen LogP contribution in [0.25, 0.3) is 0 Å². The summed E-state index contributed by atoms with van der Waals surface area (Å²) < 4.78 is 29.3. The van der Waals surface area contributed by atoms with Gasteiger partial charge in [0.25, 0.3) is 6.43 Å². The lowest BCUT2D eigenvalue weighted by Crippen LogP contribution is -2.08. The lowest BCUT2D eigenvalue weighted by molar-refractivity contribution is 0.0599. The molecule has 0 spiro atoms. The molecule has 0 aliphatic heterocycles. The smallest absolute Gasteiger partial charge is 0.341 e. The van der Waals surface area contributed by atoms with Crippen molar-refractivity contribution in [3.05, 3.63) is 28.0 Å². The van der Waals surface area contributed by atoms with Crippen LogP contribution >= 0.6 is 11.6 Å². The molecule has 1 rings (SSSR count). The molecule has 6 heteroatoms. The van der Waals surface area contributed by atoms with E-state index >= 15 is 0 Å². The van der Waals surface area contributed by atoms with Crippen molar-refractivity contribution in [3.8, 4) is 0 Å². The molecular formula is C9H8ClF2NO2. The van der Waals surface area contributed by atoms with Crippen LogP contribution in [0.2, 0.25) is 5.02 Å². The number of methoxy groups -OCH3 is 1. The maximum absolute atomic E-state index is 12.4. The Bertz CT molecular complexity index is 396. The average Bonchev–Trinajstić information content (AvgIpc) is 2.16. The summed E-state index contributed by atoms with van der Waals surface area (Å²) in [5.41, 5.74) is -0.323. The molecule has 0 radical (unpaired) electrons. The maximum Gasteiger partial charge on any atom is 0.341 e. The molecule has 15 heavy (non-hydrogen) atoms. The van der Waals surface area contributed by atoms with Gasteiger partial charge in [0.05, 0.1) is 29.0 Å². The molecule has 0 amide bonds. The van der Waals surface area contributed by atoms with Gasteiger partial charge in [0, 0.05) is 6.20 Å². The largest absolute Gasteiger partial charge is 0.465 e. The summed E-state index contributed by atoms with van der Waals surface area (Å²) in [7, 11) is 1.15. The second-order valence-electron chi connectivity index (χ2n) is 2.78. The summed E-state index contributed by atoms with van der Waals surface area (Å²) in [6, 6.07) is 0. The van der Waals surface area contributed by atoms with Gasteiger partial charge in [0.15, 0.2) is 0 Å². The van der Waals surface area contributed by atoms with Crippen LogP contribution in [0.1, 0.15) is 28.0 Å². The van der Waals surface area contributed by atoms with Gasteiger partial charge in [-0.3, -0.25) is 4.98 Å². The monoisotopic (exact) mass is 235 g/mol. The first kappa shape index (κ1) is 11.8. The minimum Gasteiger partial charge on any atom is -0.465 e. The topological polar surface area (TPSA) is 39.2 Å². The number of pyridine rings is 1. The minimum absolute atomic E-state index is 0.114. The van der Waals surface area contributed by atoms with Crippen molar-refractivity contribution in [1.29, 1.82) is 0 Å². The predicted octanol–water partition coefficient (Wildman–Crippen LogP) is 2.77. The Morgan fingerprint density at radius 2 is 2.20 bits per heavy atom. The summed E-state index contributed by atoms with van der Waals surface area (Å²) in [5.74, 6) is -0.771. The number of rotatable bonds is 2. The third-order valence-corrected chi connectivity index (χ3v) is 2.26. The zero-order chi connectivity index (χ0) is 11.6. The van der Waals surface area contributed by atoms with Crippen LogP contribution in [0, 0.1) is 6.92 Å². The number of hydrogen-bond acceptors (Lipinski definition) is 3. The van der Waals surface area contributed by atoms with Crippen LogP contribution in [0.4, 0.5) is 8.78 Å². The fourth-order valence-corrected chi connectivity index (χ4v) is 1.43. The van der Waals surface area contributed by atoms with Crippen LogP contribution in [0.5, 0.6) is 0 Å². The molecule has 1 aromatic rings. The van der Waals surface area contributed by atoms with Crippen LogP contribution in [-0.2, 0) is 4.74 Å². The zero-order valence-corrected chi connectivity index (χ0v) is 8.81. The van der Waals surface area contributed by atoms with Crippen molar-refractivity contribution in [2.24, 2.45) is 0 Å². The highest BCUT2D eigenvalue weighted by Gasteiger charge is 2.22. The molecule has 0 N–H and O–H groups in total. The Balaban J connectivity index is 3.36. The number of hydrogen-bond donors (Lipinski definition) is 0. The van der Waals surface area contributed by atoms with E-state index in [9.17, 15) is 13.6 Å². The van der Waals surface area contributed by atoms with E-state index in [1.807, 2.05) is 0 Å². The number of esters is 1. The van der Waals surface area contributed by atoms with Gasteiger partial charge in [-0.15, -0.1) is 0 Å². The van der Waals surface area contributed by atoms with Gasteiger partial charge in [-0.2, -0.15) is 0 Å². The van der Waals surface area contributed by atoms with Crippen molar-refractivity contribution in [1.82, 2.24) is 4.98 Å². The van der Waals surface area contributed by atoms with E-state index in [4.69, 9.17) is 11.6 Å².